The molecule has 1 aromatic heterocycles. The molecule has 0 amide bonds. The van der Waals surface area contributed by atoms with Crippen molar-refractivity contribution >= 4 is 17.6 Å². The molecule has 104 valence electrons. The van der Waals surface area contributed by atoms with Crippen LogP contribution in [0.5, 0.6) is 11.6 Å². The average molecular weight is 293 g/mol. The molecule has 0 radical (unpaired) electrons. The molecule has 5 nitrogen and oxygen atoms in total. The second kappa shape index (κ2) is 5.46. The van der Waals surface area contributed by atoms with E-state index in [1.54, 1.807) is 32.0 Å². The highest BCUT2D eigenvalue weighted by atomic mass is 35.5. The Hall–Kier alpha value is -2.14. The minimum absolute atomic E-state index is 0.0186. The van der Waals surface area contributed by atoms with Crippen LogP contribution in [-0.4, -0.2) is 21.3 Å². The zero-order valence-electron chi connectivity index (χ0n) is 11.3. The first-order valence-corrected chi connectivity index (χ1v) is 6.29. The number of ether oxygens (including phenoxy) is 1. The molecule has 0 saturated carbocycles. The lowest BCUT2D eigenvalue weighted by Gasteiger charge is -2.11. The van der Waals surface area contributed by atoms with Gasteiger partial charge < -0.3 is 9.84 Å². The normalized spacial score (nSPS) is 10.4. The van der Waals surface area contributed by atoms with E-state index >= 15 is 0 Å². The monoisotopic (exact) mass is 292 g/mol. The number of nitrogens with zero attached hydrogens (tertiary/aromatic N) is 2. The van der Waals surface area contributed by atoms with Gasteiger partial charge in [-0.25, -0.2) is 4.79 Å². The van der Waals surface area contributed by atoms with Gasteiger partial charge in [0.25, 0.3) is 5.88 Å². The van der Waals surface area contributed by atoms with Crippen LogP contribution in [0.1, 0.15) is 27.2 Å². The largest absolute Gasteiger partial charge is 0.477 e. The number of hydrogen-bond donors (Lipinski definition) is 1. The van der Waals surface area contributed by atoms with E-state index in [2.05, 4.69) is 10.2 Å². The third-order valence-electron chi connectivity index (χ3n) is 2.98. The Labute approximate surface area is 121 Å². The summed E-state index contributed by atoms with van der Waals surface area (Å²) in [5.74, 6) is -0.657. The summed E-state index contributed by atoms with van der Waals surface area (Å²) >= 11 is 5.93. The van der Waals surface area contributed by atoms with Gasteiger partial charge in [-0.2, -0.15) is 5.10 Å². The van der Waals surface area contributed by atoms with Crippen molar-refractivity contribution in [1.29, 1.82) is 0 Å². The Morgan fingerprint density at radius 1 is 1.25 bits per heavy atom. The highest BCUT2D eigenvalue weighted by Gasteiger charge is 2.19. The maximum absolute atomic E-state index is 11.3. The minimum atomic E-state index is -1.10. The molecule has 0 atom stereocenters. The number of halogens is 1. The third-order valence-corrected chi connectivity index (χ3v) is 3.40. The van der Waals surface area contributed by atoms with Gasteiger partial charge in [-0.1, -0.05) is 11.6 Å². The first-order valence-electron chi connectivity index (χ1n) is 5.91. The zero-order chi connectivity index (χ0) is 14.9. The fraction of sp³-hybridized carbons (Fsp3) is 0.214. The van der Waals surface area contributed by atoms with Gasteiger partial charge in [0.05, 0.1) is 5.69 Å². The summed E-state index contributed by atoms with van der Waals surface area (Å²) in [7, 11) is 0. The highest BCUT2D eigenvalue weighted by molar-refractivity contribution is 6.31. The van der Waals surface area contributed by atoms with Crippen molar-refractivity contribution in [3.63, 3.8) is 0 Å². The smallest absolute Gasteiger partial charge is 0.341 e. The maximum Gasteiger partial charge on any atom is 0.341 e. The number of aryl methyl sites for hydroxylation is 2. The summed E-state index contributed by atoms with van der Waals surface area (Å²) in [5.41, 5.74) is 1.94. The van der Waals surface area contributed by atoms with E-state index in [-0.39, 0.29) is 11.4 Å². The summed E-state index contributed by atoms with van der Waals surface area (Å²) < 4.78 is 5.53. The van der Waals surface area contributed by atoms with Crippen LogP contribution in [0.3, 0.4) is 0 Å². The summed E-state index contributed by atoms with van der Waals surface area (Å²) in [4.78, 5) is 11.3. The fourth-order valence-corrected chi connectivity index (χ4v) is 1.82. The van der Waals surface area contributed by atoms with E-state index in [1.165, 1.54) is 0 Å². The SMILES string of the molecule is Cc1cc(Oc2nnc(C)c(C)c2C(=O)O)ccc1Cl. The summed E-state index contributed by atoms with van der Waals surface area (Å²) in [6.45, 7) is 5.21. The third kappa shape index (κ3) is 2.72. The van der Waals surface area contributed by atoms with E-state index < -0.39 is 5.97 Å². The zero-order valence-corrected chi connectivity index (χ0v) is 12.0. The Bertz CT molecular complexity index is 686. The molecule has 2 rings (SSSR count). The lowest BCUT2D eigenvalue weighted by Crippen LogP contribution is -2.08. The summed E-state index contributed by atoms with van der Waals surface area (Å²) in [6.07, 6.45) is 0. The Morgan fingerprint density at radius 3 is 2.55 bits per heavy atom. The van der Waals surface area contributed by atoms with Gasteiger partial charge in [0, 0.05) is 5.02 Å². The number of carboxylic acids is 1. The molecule has 0 aliphatic carbocycles. The van der Waals surface area contributed by atoms with E-state index in [0.29, 0.717) is 22.0 Å². The molecule has 0 spiro atoms. The van der Waals surface area contributed by atoms with Gasteiger partial charge in [-0.05, 0) is 50.1 Å². The van der Waals surface area contributed by atoms with Crippen LogP contribution >= 0.6 is 11.6 Å². The van der Waals surface area contributed by atoms with Gasteiger partial charge >= 0.3 is 5.97 Å². The van der Waals surface area contributed by atoms with Crippen molar-refractivity contribution in [3.05, 3.63) is 45.6 Å². The molecule has 0 saturated heterocycles. The molecular formula is C14H13ClN2O3. The molecule has 0 bridgehead atoms. The molecular weight excluding hydrogens is 280 g/mol. The van der Waals surface area contributed by atoms with Crippen LogP contribution in [0.15, 0.2) is 18.2 Å². The Morgan fingerprint density at radius 2 is 1.95 bits per heavy atom. The maximum atomic E-state index is 11.3. The predicted molar refractivity (Wildman–Crippen MR) is 74.7 cm³/mol. The lowest BCUT2D eigenvalue weighted by atomic mass is 10.1. The quantitative estimate of drug-likeness (QED) is 0.936. The van der Waals surface area contributed by atoms with E-state index in [9.17, 15) is 9.90 Å². The minimum Gasteiger partial charge on any atom is -0.477 e. The number of carbonyl (C=O) groups is 1. The second-order valence-electron chi connectivity index (χ2n) is 4.41. The molecule has 1 N–H and O–H groups in total. The van der Waals surface area contributed by atoms with Crippen LogP contribution in [-0.2, 0) is 0 Å². The van der Waals surface area contributed by atoms with Crippen LogP contribution in [0.2, 0.25) is 5.02 Å². The summed E-state index contributed by atoms with van der Waals surface area (Å²) in [5, 5.41) is 17.6. The molecule has 6 heteroatoms. The van der Waals surface area contributed by atoms with Crippen LogP contribution in [0.4, 0.5) is 0 Å². The molecule has 0 unspecified atom stereocenters. The molecule has 1 aromatic carbocycles. The van der Waals surface area contributed by atoms with Crippen molar-refractivity contribution in [2.24, 2.45) is 0 Å². The van der Waals surface area contributed by atoms with Gasteiger partial charge in [0.1, 0.15) is 11.3 Å². The molecule has 1 heterocycles. The molecule has 0 fully saturated rings. The number of rotatable bonds is 3. The van der Waals surface area contributed by atoms with E-state index in [0.717, 1.165) is 5.56 Å². The van der Waals surface area contributed by atoms with Crippen LogP contribution in [0.25, 0.3) is 0 Å². The van der Waals surface area contributed by atoms with Crippen LogP contribution in [0, 0.1) is 20.8 Å². The first-order chi connectivity index (χ1) is 9.40. The Kier molecular flexibility index (Phi) is 3.90. The van der Waals surface area contributed by atoms with Crippen molar-refractivity contribution in [2.45, 2.75) is 20.8 Å². The fourth-order valence-electron chi connectivity index (χ4n) is 1.70. The number of carboxylic acid groups (broad SMARTS) is 1. The number of aromatic carboxylic acids is 1. The van der Waals surface area contributed by atoms with Crippen molar-refractivity contribution in [3.8, 4) is 11.6 Å². The molecule has 20 heavy (non-hydrogen) atoms. The number of aromatic nitrogens is 2. The van der Waals surface area contributed by atoms with Crippen molar-refractivity contribution in [1.82, 2.24) is 10.2 Å². The van der Waals surface area contributed by atoms with E-state index in [4.69, 9.17) is 16.3 Å². The number of benzene rings is 1. The van der Waals surface area contributed by atoms with E-state index in [1.807, 2.05) is 6.92 Å². The Balaban J connectivity index is 2.45. The topological polar surface area (TPSA) is 72.3 Å². The van der Waals surface area contributed by atoms with Crippen molar-refractivity contribution < 1.29 is 14.6 Å². The highest BCUT2D eigenvalue weighted by Crippen LogP contribution is 2.28. The van der Waals surface area contributed by atoms with Gasteiger partial charge in [0.15, 0.2) is 0 Å². The standard InChI is InChI=1S/C14H13ClN2O3/c1-7-6-10(4-5-11(7)15)20-13-12(14(18)19)8(2)9(3)16-17-13/h4-6H,1-3H3,(H,18,19). The number of hydrogen-bond acceptors (Lipinski definition) is 4. The molecule has 0 aliphatic rings. The average Bonchev–Trinajstić information content (AvgIpc) is 2.38. The van der Waals surface area contributed by atoms with Gasteiger partial charge in [-0.3, -0.25) is 0 Å². The predicted octanol–water partition coefficient (Wildman–Crippen LogP) is 3.55. The van der Waals surface area contributed by atoms with Crippen LogP contribution < -0.4 is 4.74 Å². The summed E-state index contributed by atoms with van der Waals surface area (Å²) in [6, 6.07) is 5.05. The van der Waals surface area contributed by atoms with Crippen molar-refractivity contribution in [2.75, 3.05) is 0 Å². The van der Waals surface area contributed by atoms with Gasteiger partial charge in [0.2, 0.25) is 0 Å². The van der Waals surface area contributed by atoms with Gasteiger partial charge in [-0.15, -0.1) is 5.10 Å². The molecule has 2 aromatic rings. The first kappa shape index (κ1) is 14.3. The second-order valence-corrected chi connectivity index (χ2v) is 4.82. The lowest BCUT2D eigenvalue weighted by molar-refractivity contribution is 0.0692. The molecule has 0 aliphatic heterocycles.